The smallest absolute Gasteiger partial charge is 0.151 e. The summed E-state index contributed by atoms with van der Waals surface area (Å²) in [4.78, 5) is 8.41. The Kier molecular flexibility index (Phi) is 3.99. The van der Waals surface area contributed by atoms with E-state index in [4.69, 9.17) is 4.74 Å². The predicted molar refractivity (Wildman–Crippen MR) is 75.6 cm³/mol. The fourth-order valence-corrected chi connectivity index (χ4v) is 1.84. The summed E-state index contributed by atoms with van der Waals surface area (Å²) in [5.74, 6) is 2.15. The summed E-state index contributed by atoms with van der Waals surface area (Å²) in [6.45, 7) is 0. The third-order valence-electron chi connectivity index (χ3n) is 2.31. The van der Waals surface area contributed by atoms with E-state index in [1.54, 1.807) is 26.6 Å². The van der Waals surface area contributed by atoms with Crippen molar-refractivity contribution in [1.82, 2.24) is 9.97 Å². The standard InChI is InChI=1S/C12H13BrN4O/c1-14-11-6-15-7-12(17-11)16-8-3-4-9(13)10(5-8)18-2/h3-7H,1-2H3,(H2,14,16,17). The van der Waals surface area contributed by atoms with Gasteiger partial charge in [0.1, 0.15) is 11.6 Å². The highest BCUT2D eigenvalue weighted by molar-refractivity contribution is 9.10. The van der Waals surface area contributed by atoms with Crippen molar-refractivity contribution in [1.29, 1.82) is 0 Å². The number of methoxy groups -OCH3 is 1. The summed E-state index contributed by atoms with van der Waals surface area (Å²) < 4.78 is 6.14. The van der Waals surface area contributed by atoms with Gasteiger partial charge in [-0.1, -0.05) is 0 Å². The van der Waals surface area contributed by atoms with Crippen LogP contribution in [0.5, 0.6) is 5.75 Å². The minimum absolute atomic E-state index is 0.672. The molecule has 0 fully saturated rings. The van der Waals surface area contributed by atoms with E-state index >= 15 is 0 Å². The van der Waals surface area contributed by atoms with Crippen LogP contribution in [-0.2, 0) is 0 Å². The zero-order valence-electron chi connectivity index (χ0n) is 10.1. The van der Waals surface area contributed by atoms with Crippen molar-refractivity contribution in [2.24, 2.45) is 0 Å². The van der Waals surface area contributed by atoms with E-state index in [1.807, 2.05) is 18.2 Å². The van der Waals surface area contributed by atoms with Gasteiger partial charge in [-0.15, -0.1) is 0 Å². The second kappa shape index (κ2) is 5.68. The lowest BCUT2D eigenvalue weighted by Crippen LogP contribution is -1.99. The molecule has 0 bridgehead atoms. The fraction of sp³-hybridized carbons (Fsp3) is 0.167. The number of nitrogens with one attached hydrogen (secondary N) is 2. The summed E-state index contributed by atoms with van der Waals surface area (Å²) in [5, 5.41) is 6.11. The molecule has 0 radical (unpaired) electrons. The maximum absolute atomic E-state index is 5.23. The number of aromatic nitrogens is 2. The highest BCUT2D eigenvalue weighted by Crippen LogP contribution is 2.29. The molecule has 0 amide bonds. The SMILES string of the molecule is CNc1cncc(Nc2ccc(Br)c(OC)c2)n1. The quantitative estimate of drug-likeness (QED) is 0.909. The zero-order valence-corrected chi connectivity index (χ0v) is 11.7. The Hall–Kier alpha value is -1.82. The average Bonchev–Trinajstić information content (AvgIpc) is 2.41. The van der Waals surface area contributed by atoms with Crippen molar-refractivity contribution in [2.75, 3.05) is 24.8 Å². The monoisotopic (exact) mass is 308 g/mol. The van der Waals surface area contributed by atoms with Gasteiger partial charge in [0.15, 0.2) is 5.82 Å². The lowest BCUT2D eigenvalue weighted by molar-refractivity contribution is 0.412. The van der Waals surface area contributed by atoms with E-state index in [9.17, 15) is 0 Å². The van der Waals surface area contributed by atoms with E-state index in [0.717, 1.165) is 15.9 Å². The Morgan fingerprint density at radius 1 is 1.22 bits per heavy atom. The Labute approximate surface area is 114 Å². The van der Waals surface area contributed by atoms with Crippen LogP contribution in [0.15, 0.2) is 35.1 Å². The third kappa shape index (κ3) is 2.89. The van der Waals surface area contributed by atoms with Gasteiger partial charge >= 0.3 is 0 Å². The molecule has 6 heteroatoms. The highest BCUT2D eigenvalue weighted by atomic mass is 79.9. The minimum Gasteiger partial charge on any atom is -0.495 e. The largest absolute Gasteiger partial charge is 0.495 e. The number of ether oxygens (including phenoxy) is 1. The van der Waals surface area contributed by atoms with Crippen molar-refractivity contribution in [3.63, 3.8) is 0 Å². The molecule has 1 aromatic heterocycles. The van der Waals surface area contributed by atoms with Crippen LogP contribution < -0.4 is 15.4 Å². The molecule has 0 atom stereocenters. The summed E-state index contributed by atoms with van der Waals surface area (Å²) >= 11 is 3.41. The van der Waals surface area contributed by atoms with Crippen LogP contribution in [0.3, 0.4) is 0 Å². The van der Waals surface area contributed by atoms with Gasteiger partial charge in [-0.25, -0.2) is 4.98 Å². The van der Waals surface area contributed by atoms with Crippen LogP contribution in [0, 0.1) is 0 Å². The van der Waals surface area contributed by atoms with Gasteiger partial charge in [-0.2, -0.15) is 0 Å². The summed E-state index contributed by atoms with van der Waals surface area (Å²) in [6, 6.07) is 5.73. The van der Waals surface area contributed by atoms with Gasteiger partial charge in [-0.3, -0.25) is 4.98 Å². The third-order valence-corrected chi connectivity index (χ3v) is 2.97. The molecule has 0 saturated carbocycles. The molecule has 0 aliphatic rings. The lowest BCUT2D eigenvalue weighted by Gasteiger charge is -2.09. The maximum atomic E-state index is 5.23. The molecular weight excluding hydrogens is 296 g/mol. The highest BCUT2D eigenvalue weighted by Gasteiger charge is 2.03. The molecule has 0 saturated heterocycles. The molecule has 2 aromatic rings. The summed E-state index contributed by atoms with van der Waals surface area (Å²) in [5.41, 5.74) is 0.887. The van der Waals surface area contributed by atoms with Gasteiger partial charge < -0.3 is 15.4 Å². The topological polar surface area (TPSA) is 59.1 Å². The van der Waals surface area contributed by atoms with E-state index in [0.29, 0.717) is 11.6 Å². The first kappa shape index (κ1) is 12.6. The number of rotatable bonds is 4. The molecular formula is C12H13BrN4O. The van der Waals surface area contributed by atoms with Crippen molar-refractivity contribution < 1.29 is 4.74 Å². The van der Waals surface area contributed by atoms with E-state index in [2.05, 4.69) is 36.5 Å². The summed E-state index contributed by atoms with van der Waals surface area (Å²) in [6.07, 6.45) is 3.32. The molecule has 2 N–H and O–H groups in total. The Morgan fingerprint density at radius 3 is 2.72 bits per heavy atom. The number of hydrogen-bond donors (Lipinski definition) is 2. The number of halogens is 1. The molecule has 94 valence electrons. The zero-order chi connectivity index (χ0) is 13.0. The van der Waals surface area contributed by atoms with Crippen LogP contribution in [0.2, 0.25) is 0 Å². The van der Waals surface area contributed by atoms with E-state index < -0.39 is 0 Å². The molecule has 0 unspecified atom stereocenters. The molecule has 0 aliphatic heterocycles. The summed E-state index contributed by atoms with van der Waals surface area (Å²) in [7, 11) is 3.43. The Morgan fingerprint density at radius 2 is 2.00 bits per heavy atom. The van der Waals surface area contributed by atoms with Gasteiger partial charge in [0.2, 0.25) is 0 Å². The van der Waals surface area contributed by atoms with Crippen LogP contribution in [-0.4, -0.2) is 24.1 Å². The van der Waals surface area contributed by atoms with Gasteiger partial charge in [0.05, 0.1) is 24.0 Å². The second-order valence-electron chi connectivity index (χ2n) is 3.51. The van der Waals surface area contributed by atoms with Crippen molar-refractivity contribution >= 4 is 33.3 Å². The van der Waals surface area contributed by atoms with Gasteiger partial charge in [0, 0.05) is 18.8 Å². The van der Waals surface area contributed by atoms with Crippen LogP contribution >= 0.6 is 15.9 Å². The average molecular weight is 309 g/mol. The molecule has 5 nitrogen and oxygen atoms in total. The fourth-order valence-electron chi connectivity index (χ4n) is 1.43. The first-order valence-electron chi connectivity index (χ1n) is 5.33. The van der Waals surface area contributed by atoms with Crippen molar-refractivity contribution in [3.05, 3.63) is 35.1 Å². The van der Waals surface area contributed by atoms with Crippen LogP contribution in [0.4, 0.5) is 17.3 Å². The first-order chi connectivity index (χ1) is 8.72. The van der Waals surface area contributed by atoms with E-state index in [1.165, 1.54) is 0 Å². The van der Waals surface area contributed by atoms with Crippen LogP contribution in [0.25, 0.3) is 0 Å². The Balaban J connectivity index is 2.22. The molecule has 0 aliphatic carbocycles. The predicted octanol–water partition coefficient (Wildman–Crippen LogP) is 3.03. The molecule has 1 heterocycles. The number of nitrogens with zero attached hydrogens (tertiary/aromatic N) is 2. The number of benzene rings is 1. The van der Waals surface area contributed by atoms with E-state index in [-0.39, 0.29) is 0 Å². The molecule has 2 rings (SSSR count). The molecule has 18 heavy (non-hydrogen) atoms. The van der Waals surface area contributed by atoms with Crippen molar-refractivity contribution in [3.8, 4) is 5.75 Å². The van der Waals surface area contributed by atoms with Crippen molar-refractivity contribution in [2.45, 2.75) is 0 Å². The number of anilines is 3. The first-order valence-corrected chi connectivity index (χ1v) is 6.12. The molecule has 1 aromatic carbocycles. The van der Waals surface area contributed by atoms with Gasteiger partial charge in [0.25, 0.3) is 0 Å². The molecule has 0 spiro atoms. The second-order valence-corrected chi connectivity index (χ2v) is 4.37. The maximum Gasteiger partial charge on any atom is 0.151 e. The minimum atomic E-state index is 0.672. The normalized spacial score (nSPS) is 9.94. The van der Waals surface area contributed by atoms with Gasteiger partial charge in [-0.05, 0) is 28.1 Å². The van der Waals surface area contributed by atoms with Crippen LogP contribution in [0.1, 0.15) is 0 Å². The Bertz CT molecular complexity index is 547. The lowest BCUT2D eigenvalue weighted by atomic mass is 10.3. The number of hydrogen-bond acceptors (Lipinski definition) is 5.